The minimum atomic E-state index is -5.00. The minimum Gasteiger partial charge on any atom is -0.330 e. The molecule has 0 aliphatic carbocycles. The largest absolute Gasteiger partial charge is 0.416 e. The Morgan fingerprint density at radius 1 is 0.533 bits per heavy atom. The molecule has 12 nitrogen and oxygen atoms in total. The van der Waals surface area contributed by atoms with Gasteiger partial charge in [0, 0.05) is 41.8 Å². The van der Waals surface area contributed by atoms with Gasteiger partial charge in [-0.05, 0) is 60.7 Å². The predicted molar refractivity (Wildman–Crippen MR) is 209 cm³/mol. The average Bonchev–Trinajstić information content (AvgIpc) is 3.19. The van der Waals surface area contributed by atoms with E-state index in [9.17, 15) is 54.3 Å². The molecule has 0 saturated heterocycles. The normalized spacial score (nSPS) is 11.5. The quantitative estimate of drug-likeness (QED) is 0.0472. The van der Waals surface area contributed by atoms with E-state index in [2.05, 4.69) is 31.2 Å². The Bertz CT molecular complexity index is 2270. The van der Waals surface area contributed by atoms with E-state index in [1.54, 1.807) is 0 Å². The topological polar surface area (TPSA) is 194 Å². The molecule has 5 rings (SSSR count). The smallest absolute Gasteiger partial charge is 0.330 e. The van der Waals surface area contributed by atoms with Crippen molar-refractivity contribution in [3.63, 3.8) is 0 Å². The summed E-state index contributed by atoms with van der Waals surface area (Å²) >= 11 is 1.74. The zero-order valence-corrected chi connectivity index (χ0v) is 32.1. The number of nitrogens with two attached hydrogens (primary N) is 2. The number of hydrogen-bond donors (Lipinski definition) is 6. The van der Waals surface area contributed by atoms with Crippen LogP contribution in [0.25, 0.3) is 0 Å². The first kappa shape index (κ1) is 45.0. The van der Waals surface area contributed by atoms with Gasteiger partial charge in [0.1, 0.15) is 29.3 Å². The highest BCUT2D eigenvalue weighted by atomic mass is 32.2. The number of carbonyl (C=O) groups excluding carboxylic acids is 4. The van der Waals surface area contributed by atoms with E-state index in [4.69, 9.17) is 11.5 Å². The van der Waals surface area contributed by atoms with Crippen molar-refractivity contribution >= 4 is 69.9 Å². The number of hydrogen-bond acceptors (Lipinski definition) is 10. The highest BCUT2D eigenvalue weighted by molar-refractivity contribution is 7.99. The summed E-state index contributed by atoms with van der Waals surface area (Å²) in [6, 6.07) is 11.9. The number of anilines is 4. The zero-order chi connectivity index (χ0) is 43.8. The van der Waals surface area contributed by atoms with Gasteiger partial charge in [-0.3, -0.25) is 19.2 Å². The molecule has 0 aliphatic rings. The number of nitrogens with zero attached hydrogens (tertiary/aromatic N) is 2. The van der Waals surface area contributed by atoms with Gasteiger partial charge in [-0.2, -0.15) is 26.3 Å². The van der Waals surface area contributed by atoms with Gasteiger partial charge in [0.25, 0.3) is 23.6 Å². The lowest BCUT2D eigenvalue weighted by Crippen LogP contribution is -2.21. The van der Waals surface area contributed by atoms with E-state index in [0.717, 1.165) is 60.2 Å². The number of halogens is 8. The van der Waals surface area contributed by atoms with Gasteiger partial charge >= 0.3 is 12.4 Å². The molecule has 0 radical (unpaired) electrons. The summed E-state index contributed by atoms with van der Waals surface area (Å²) in [6.07, 6.45) is -9.25. The Balaban J connectivity index is 1.48. The second-order valence-electron chi connectivity index (χ2n) is 12.2. The lowest BCUT2D eigenvalue weighted by Gasteiger charge is -2.19. The molecule has 0 spiro atoms. The molecule has 0 fully saturated rings. The third kappa shape index (κ3) is 11.5. The van der Waals surface area contributed by atoms with Crippen LogP contribution in [0.15, 0.2) is 95.0 Å². The van der Waals surface area contributed by atoms with E-state index < -0.39 is 92.9 Å². The number of thioether (sulfide) groups is 2. The maximum absolute atomic E-state index is 14.1. The Kier molecular flexibility index (Phi) is 14.5. The SMILES string of the molecule is NCCSc1c(NC(=O)c2cccc(F)c2)cc(C(F)(F)F)cc1NC(=O)c1cc(C(=O)Nc2cc(C(F)(F)F)cc(NC(=O)c3cccc(F)c3)c2SCCN)ncn1. The fraction of sp³-hybridized carbons (Fsp3) is 0.158. The molecule has 1 aromatic heterocycles. The third-order valence-electron chi connectivity index (χ3n) is 7.86. The maximum Gasteiger partial charge on any atom is 0.416 e. The van der Waals surface area contributed by atoms with Crippen LogP contribution < -0.4 is 32.7 Å². The molecule has 0 unspecified atom stereocenters. The van der Waals surface area contributed by atoms with Crippen LogP contribution >= 0.6 is 23.5 Å². The number of alkyl halides is 6. The van der Waals surface area contributed by atoms with Crippen molar-refractivity contribution in [1.29, 1.82) is 0 Å². The van der Waals surface area contributed by atoms with E-state index in [0.29, 0.717) is 24.3 Å². The lowest BCUT2D eigenvalue weighted by atomic mass is 10.1. The molecular formula is C38H30F8N8O4S2. The molecule has 0 saturated carbocycles. The summed E-state index contributed by atoms with van der Waals surface area (Å²) in [5.41, 5.74) is 5.29. The van der Waals surface area contributed by atoms with Gasteiger partial charge in [-0.25, -0.2) is 18.7 Å². The van der Waals surface area contributed by atoms with Gasteiger partial charge in [-0.15, -0.1) is 23.5 Å². The molecule has 4 amide bonds. The first-order chi connectivity index (χ1) is 28.4. The van der Waals surface area contributed by atoms with Crippen molar-refractivity contribution in [3.8, 4) is 0 Å². The van der Waals surface area contributed by atoms with Crippen molar-refractivity contribution < 1.29 is 54.3 Å². The fourth-order valence-corrected chi connectivity index (χ4v) is 6.92. The Labute approximate surface area is 343 Å². The fourth-order valence-electron chi connectivity index (χ4n) is 5.22. The van der Waals surface area contributed by atoms with E-state index in [1.165, 1.54) is 24.3 Å². The molecule has 1 heterocycles. The summed E-state index contributed by atoms with van der Waals surface area (Å²) in [6.45, 7) is 0.0276. The van der Waals surface area contributed by atoms with Gasteiger partial charge in [0.2, 0.25) is 0 Å². The van der Waals surface area contributed by atoms with E-state index in [-0.39, 0.29) is 45.5 Å². The molecule has 0 bridgehead atoms. The lowest BCUT2D eigenvalue weighted by molar-refractivity contribution is -0.138. The van der Waals surface area contributed by atoms with Crippen LogP contribution in [0.5, 0.6) is 0 Å². The number of rotatable bonds is 14. The minimum absolute atomic E-state index is 0.0138. The van der Waals surface area contributed by atoms with Crippen molar-refractivity contribution in [2.45, 2.75) is 22.1 Å². The van der Waals surface area contributed by atoms with Crippen LogP contribution in [0, 0.1) is 11.6 Å². The van der Waals surface area contributed by atoms with Crippen molar-refractivity contribution in [2.75, 3.05) is 45.9 Å². The van der Waals surface area contributed by atoms with Crippen LogP contribution in [0.3, 0.4) is 0 Å². The molecular weight excluding hydrogens is 849 g/mol. The van der Waals surface area contributed by atoms with Crippen LogP contribution in [-0.2, 0) is 12.4 Å². The van der Waals surface area contributed by atoms with Gasteiger partial charge in [0.15, 0.2) is 0 Å². The number of amides is 4. The molecule has 5 aromatic rings. The second kappa shape index (κ2) is 19.3. The van der Waals surface area contributed by atoms with E-state index in [1.807, 2.05) is 0 Å². The van der Waals surface area contributed by atoms with Crippen molar-refractivity contribution in [3.05, 3.63) is 130 Å². The summed E-state index contributed by atoms with van der Waals surface area (Å²) in [7, 11) is 0. The Hall–Kier alpha value is -6.10. The Morgan fingerprint density at radius 2 is 0.883 bits per heavy atom. The molecule has 314 valence electrons. The van der Waals surface area contributed by atoms with Crippen LogP contribution in [-0.4, -0.2) is 58.2 Å². The zero-order valence-electron chi connectivity index (χ0n) is 30.4. The van der Waals surface area contributed by atoms with Gasteiger partial charge in [0.05, 0.1) is 43.7 Å². The molecule has 0 aliphatic heterocycles. The molecule has 0 atom stereocenters. The number of carbonyl (C=O) groups is 4. The number of nitrogens with one attached hydrogen (secondary N) is 4. The predicted octanol–water partition coefficient (Wildman–Crippen LogP) is 7.90. The summed E-state index contributed by atoms with van der Waals surface area (Å²) in [5, 5.41) is 9.21. The first-order valence-electron chi connectivity index (χ1n) is 17.1. The monoisotopic (exact) mass is 878 g/mol. The van der Waals surface area contributed by atoms with Crippen molar-refractivity contribution in [2.24, 2.45) is 11.5 Å². The summed E-state index contributed by atoms with van der Waals surface area (Å²) in [4.78, 5) is 60.5. The second-order valence-corrected chi connectivity index (χ2v) is 14.4. The number of aromatic nitrogens is 2. The number of benzene rings is 4. The van der Waals surface area contributed by atoms with Crippen LogP contribution in [0.4, 0.5) is 57.9 Å². The van der Waals surface area contributed by atoms with E-state index >= 15 is 0 Å². The summed E-state index contributed by atoms with van der Waals surface area (Å²) < 4.78 is 112. The molecule has 60 heavy (non-hydrogen) atoms. The van der Waals surface area contributed by atoms with Gasteiger partial charge < -0.3 is 32.7 Å². The highest BCUT2D eigenvalue weighted by Crippen LogP contribution is 2.43. The average molecular weight is 879 g/mol. The van der Waals surface area contributed by atoms with Crippen LogP contribution in [0.2, 0.25) is 0 Å². The molecule has 22 heteroatoms. The maximum atomic E-state index is 14.1. The van der Waals surface area contributed by atoms with Crippen molar-refractivity contribution in [1.82, 2.24) is 9.97 Å². The molecule has 8 N–H and O–H groups in total. The standard InChI is InChI=1S/C38H30F8N8O4S2/c39-23-5-1-3-19(11-23)33(55)51-25-13-21(37(41,42)43)15-27(31(25)59-9-7-47)53-35(57)29-17-30(50-18-49-29)36(58)54-28-16-22(38(44,45)46)14-26(32(28)60-10-8-48)52-34(56)20-4-2-6-24(40)12-20/h1-6,11-18H,7-10,47-48H2,(H,51,55)(H,52,56)(H,53,57)(H,54,58). The van der Waals surface area contributed by atoms with Crippen LogP contribution in [0.1, 0.15) is 52.8 Å². The summed E-state index contributed by atoms with van der Waals surface area (Å²) in [5.74, 6) is -5.69. The highest BCUT2D eigenvalue weighted by Gasteiger charge is 2.35. The van der Waals surface area contributed by atoms with Gasteiger partial charge in [-0.1, -0.05) is 12.1 Å². The first-order valence-corrected chi connectivity index (χ1v) is 19.1. The third-order valence-corrected chi connectivity index (χ3v) is 10.2. The Morgan fingerprint density at radius 3 is 1.20 bits per heavy atom. The molecule has 4 aromatic carbocycles.